The molecule has 0 saturated carbocycles. The summed E-state index contributed by atoms with van der Waals surface area (Å²) in [5.74, 6) is 0.00261. The average Bonchev–Trinajstić information content (AvgIpc) is 2.93. The van der Waals surface area contributed by atoms with Crippen LogP contribution in [0.4, 0.5) is 5.69 Å². The van der Waals surface area contributed by atoms with Gasteiger partial charge in [-0.3, -0.25) is 4.79 Å². The monoisotopic (exact) mass is 259 g/mol. The van der Waals surface area contributed by atoms with Crippen molar-refractivity contribution in [3.63, 3.8) is 0 Å². The fraction of sp³-hybridized carbons (Fsp3) is 0.308. The largest absolute Gasteiger partial charge is 0.324 e. The molecule has 6 nitrogen and oxygen atoms in total. The summed E-state index contributed by atoms with van der Waals surface area (Å²) in [6.07, 6.45) is 4.37. The molecule has 1 aromatic heterocycles. The van der Waals surface area contributed by atoms with Crippen LogP contribution in [0.1, 0.15) is 12.8 Å². The summed E-state index contributed by atoms with van der Waals surface area (Å²) in [6, 6.07) is 7.52. The Hall–Kier alpha value is -2.21. The number of aromatic nitrogens is 3. The number of anilines is 1. The minimum atomic E-state index is 0.00261. The molecular formula is C13H17N5O. The van der Waals surface area contributed by atoms with Crippen LogP contribution in [-0.2, 0) is 4.79 Å². The first-order valence-corrected chi connectivity index (χ1v) is 6.19. The van der Waals surface area contributed by atoms with Gasteiger partial charge in [0.25, 0.3) is 0 Å². The molecule has 0 fully saturated rings. The van der Waals surface area contributed by atoms with E-state index in [4.69, 9.17) is 0 Å². The van der Waals surface area contributed by atoms with E-state index >= 15 is 0 Å². The number of hydrogen-bond acceptors (Lipinski definition) is 4. The molecule has 0 atom stereocenters. The predicted octanol–water partition coefficient (Wildman–Crippen LogP) is 1.21. The molecule has 0 aliphatic rings. The van der Waals surface area contributed by atoms with Crippen LogP contribution in [0.3, 0.4) is 0 Å². The molecule has 0 unspecified atom stereocenters. The van der Waals surface area contributed by atoms with E-state index in [0.717, 1.165) is 24.3 Å². The topological polar surface area (TPSA) is 71.8 Å². The molecule has 0 saturated heterocycles. The second kappa shape index (κ2) is 6.65. The Balaban J connectivity index is 2.06. The standard InChI is InChI=1S/C13H17N5O/c1-14-8-4-7-13(19)17-11-5-2-3-6-12(11)18-10-15-9-16-18/h2-3,5-6,9-10,14H,4,7-8H2,1H3,(H,17,19). The molecule has 1 aromatic carbocycles. The Morgan fingerprint density at radius 2 is 2.21 bits per heavy atom. The molecule has 0 aliphatic heterocycles. The van der Waals surface area contributed by atoms with E-state index in [2.05, 4.69) is 20.7 Å². The average molecular weight is 259 g/mol. The van der Waals surface area contributed by atoms with E-state index in [1.807, 2.05) is 31.3 Å². The van der Waals surface area contributed by atoms with Gasteiger partial charge in [0.2, 0.25) is 5.91 Å². The summed E-state index contributed by atoms with van der Waals surface area (Å²) < 4.78 is 1.63. The molecule has 2 rings (SSSR count). The fourth-order valence-electron chi connectivity index (χ4n) is 1.75. The number of carbonyl (C=O) groups excluding carboxylic acids is 1. The zero-order chi connectivity index (χ0) is 13.5. The highest BCUT2D eigenvalue weighted by Gasteiger charge is 2.08. The normalized spacial score (nSPS) is 10.4. The third-order valence-corrected chi connectivity index (χ3v) is 2.67. The summed E-state index contributed by atoms with van der Waals surface area (Å²) in [5, 5.41) is 9.99. The number of nitrogens with one attached hydrogen (secondary N) is 2. The van der Waals surface area contributed by atoms with Crippen molar-refractivity contribution < 1.29 is 4.79 Å². The molecule has 0 spiro atoms. The Labute approximate surface area is 111 Å². The van der Waals surface area contributed by atoms with Crippen LogP contribution in [0.25, 0.3) is 5.69 Å². The molecule has 1 amide bonds. The van der Waals surface area contributed by atoms with Crippen molar-refractivity contribution in [3.05, 3.63) is 36.9 Å². The number of amides is 1. The molecule has 0 radical (unpaired) electrons. The van der Waals surface area contributed by atoms with Crippen molar-refractivity contribution in [2.45, 2.75) is 12.8 Å². The number of para-hydroxylation sites is 2. The van der Waals surface area contributed by atoms with Crippen LogP contribution < -0.4 is 10.6 Å². The van der Waals surface area contributed by atoms with Gasteiger partial charge in [0.05, 0.1) is 11.4 Å². The van der Waals surface area contributed by atoms with Crippen molar-refractivity contribution in [1.82, 2.24) is 20.1 Å². The lowest BCUT2D eigenvalue weighted by Gasteiger charge is -2.10. The van der Waals surface area contributed by atoms with Crippen LogP contribution >= 0.6 is 0 Å². The van der Waals surface area contributed by atoms with Gasteiger partial charge in [-0.25, -0.2) is 9.67 Å². The van der Waals surface area contributed by atoms with Crippen molar-refractivity contribution in [2.24, 2.45) is 0 Å². The molecular weight excluding hydrogens is 242 g/mol. The van der Waals surface area contributed by atoms with Gasteiger partial charge in [-0.1, -0.05) is 12.1 Å². The lowest BCUT2D eigenvalue weighted by atomic mass is 10.2. The number of benzene rings is 1. The van der Waals surface area contributed by atoms with Gasteiger partial charge in [0.1, 0.15) is 12.7 Å². The third-order valence-electron chi connectivity index (χ3n) is 2.67. The summed E-state index contributed by atoms with van der Waals surface area (Å²) in [7, 11) is 1.87. The van der Waals surface area contributed by atoms with E-state index in [1.165, 1.54) is 6.33 Å². The first-order chi connectivity index (χ1) is 9.31. The SMILES string of the molecule is CNCCCC(=O)Nc1ccccc1-n1cncn1. The first-order valence-electron chi connectivity index (χ1n) is 6.19. The van der Waals surface area contributed by atoms with Crippen LogP contribution in [0.2, 0.25) is 0 Å². The summed E-state index contributed by atoms with van der Waals surface area (Å²) in [5.41, 5.74) is 1.55. The Kier molecular flexibility index (Phi) is 4.63. The highest BCUT2D eigenvalue weighted by molar-refractivity contribution is 5.92. The van der Waals surface area contributed by atoms with Gasteiger partial charge in [-0.15, -0.1) is 0 Å². The second-order valence-corrected chi connectivity index (χ2v) is 4.11. The predicted molar refractivity (Wildman–Crippen MR) is 73.1 cm³/mol. The molecule has 2 aromatic rings. The lowest BCUT2D eigenvalue weighted by Crippen LogP contribution is -2.16. The molecule has 0 bridgehead atoms. The minimum Gasteiger partial charge on any atom is -0.324 e. The van der Waals surface area contributed by atoms with Gasteiger partial charge in [0.15, 0.2) is 0 Å². The Morgan fingerprint density at radius 3 is 2.95 bits per heavy atom. The maximum atomic E-state index is 11.8. The lowest BCUT2D eigenvalue weighted by molar-refractivity contribution is -0.116. The van der Waals surface area contributed by atoms with E-state index in [9.17, 15) is 4.79 Å². The maximum Gasteiger partial charge on any atom is 0.224 e. The Bertz CT molecular complexity index is 524. The number of hydrogen-bond donors (Lipinski definition) is 2. The molecule has 0 aliphatic carbocycles. The quantitative estimate of drug-likeness (QED) is 0.765. The first kappa shape index (κ1) is 13.2. The second-order valence-electron chi connectivity index (χ2n) is 4.11. The number of rotatable bonds is 6. The summed E-state index contributed by atoms with van der Waals surface area (Å²) in [6.45, 7) is 0.831. The summed E-state index contributed by atoms with van der Waals surface area (Å²) in [4.78, 5) is 15.7. The van der Waals surface area contributed by atoms with Crippen LogP contribution in [0.5, 0.6) is 0 Å². The smallest absolute Gasteiger partial charge is 0.224 e. The van der Waals surface area contributed by atoms with Crippen LogP contribution in [0, 0.1) is 0 Å². The Morgan fingerprint density at radius 1 is 1.37 bits per heavy atom. The molecule has 100 valence electrons. The van der Waals surface area contributed by atoms with Crippen molar-refractivity contribution in [3.8, 4) is 5.69 Å². The fourth-order valence-corrected chi connectivity index (χ4v) is 1.75. The van der Waals surface area contributed by atoms with Crippen molar-refractivity contribution in [1.29, 1.82) is 0 Å². The molecule has 1 heterocycles. The van der Waals surface area contributed by atoms with Crippen LogP contribution in [-0.4, -0.2) is 34.3 Å². The van der Waals surface area contributed by atoms with E-state index in [0.29, 0.717) is 6.42 Å². The minimum absolute atomic E-state index is 0.00261. The highest BCUT2D eigenvalue weighted by atomic mass is 16.1. The van der Waals surface area contributed by atoms with Crippen molar-refractivity contribution in [2.75, 3.05) is 18.9 Å². The van der Waals surface area contributed by atoms with E-state index in [1.54, 1.807) is 11.0 Å². The molecule has 6 heteroatoms. The number of carbonyl (C=O) groups is 1. The highest BCUT2D eigenvalue weighted by Crippen LogP contribution is 2.18. The van der Waals surface area contributed by atoms with Crippen molar-refractivity contribution >= 4 is 11.6 Å². The van der Waals surface area contributed by atoms with Gasteiger partial charge in [-0.2, -0.15) is 5.10 Å². The third kappa shape index (κ3) is 3.62. The van der Waals surface area contributed by atoms with Gasteiger partial charge >= 0.3 is 0 Å². The van der Waals surface area contributed by atoms with Gasteiger partial charge in [-0.05, 0) is 32.1 Å². The molecule has 2 N–H and O–H groups in total. The number of nitrogens with zero attached hydrogens (tertiary/aromatic N) is 3. The van der Waals surface area contributed by atoms with Gasteiger partial charge in [0, 0.05) is 6.42 Å². The molecule has 19 heavy (non-hydrogen) atoms. The van der Waals surface area contributed by atoms with Crippen LogP contribution in [0.15, 0.2) is 36.9 Å². The van der Waals surface area contributed by atoms with Gasteiger partial charge < -0.3 is 10.6 Å². The zero-order valence-electron chi connectivity index (χ0n) is 10.8. The zero-order valence-corrected chi connectivity index (χ0v) is 10.8. The van der Waals surface area contributed by atoms with E-state index in [-0.39, 0.29) is 5.91 Å². The maximum absolute atomic E-state index is 11.8. The van der Waals surface area contributed by atoms with E-state index < -0.39 is 0 Å². The summed E-state index contributed by atoms with van der Waals surface area (Å²) >= 11 is 0.